The summed E-state index contributed by atoms with van der Waals surface area (Å²) in [5.74, 6) is -3.70. The summed E-state index contributed by atoms with van der Waals surface area (Å²) < 4.78 is 29.5. The van der Waals surface area contributed by atoms with Gasteiger partial charge in [-0.3, -0.25) is 4.79 Å². The van der Waals surface area contributed by atoms with E-state index in [-0.39, 0.29) is 28.2 Å². The quantitative estimate of drug-likeness (QED) is 0.831. The van der Waals surface area contributed by atoms with E-state index >= 15 is 0 Å². The van der Waals surface area contributed by atoms with Gasteiger partial charge in [0.1, 0.15) is 5.56 Å². The number of benzene rings is 1. The third-order valence-corrected chi connectivity index (χ3v) is 3.81. The van der Waals surface area contributed by atoms with Crippen molar-refractivity contribution in [2.45, 2.75) is 25.8 Å². The number of hydrogen-bond acceptors (Lipinski definition) is 3. The summed E-state index contributed by atoms with van der Waals surface area (Å²) in [6.45, 7) is 1.25. The Kier molecular flexibility index (Phi) is 2.76. The Morgan fingerprint density at radius 2 is 2.00 bits per heavy atom. The lowest BCUT2D eigenvalue weighted by atomic mass is 10.0. The molecule has 5 nitrogen and oxygen atoms in total. The summed E-state index contributed by atoms with van der Waals surface area (Å²) in [7, 11) is 0. The molecule has 1 aliphatic rings. The SMILES string of the molecule is Cc1c(F)c(F)c2c(c1N)c(=O)c(C(=O)O)cn2C1CC1. The predicted molar refractivity (Wildman–Crippen MR) is 72.5 cm³/mol. The predicted octanol–water partition coefficient (Wildman–Crippen LogP) is 2.20. The molecule has 0 spiro atoms. The average Bonchev–Trinajstić information content (AvgIpc) is 3.26. The molecule has 110 valence electrons. The molecule has 1 aromatic carbocycles. The van der Waals surface area contributed by atoms with Gasteiger partial charge < -0.3 is 15.4 Å². The molecule has 0 radical (unpaired) electrons. The van der Waals surface area contributed by atoms with Gasteiger partial charge in [0.2, 0.25) is 5.43 Å². The number of aromatic nitrogens is 1. The first-order valence-electron chi connectivity index (χ1n) is 6.39. The van der Waals surface area contributed by atoms with E-state index in [1.165, 1.54) is 11.5 Å². The molecular formula is C14H12F2N2O3. The van der Waals surface area contributed by atoms with E-state index in [0.29, 0.717) is 12.8 Å². The number of carboxylic acids is 1. The van der Waals surface area contributed by atoms with Crippen LogP contribution in [0.3, 0.4) is 0 Å². The van der Waals surface area contributed by atoms with Crippen LogP contribution in [0.25, 0.3) is 10.9 Å². The van der Waals surface area contributed by atoms with Crippen LogP contribution in [-0.2, 0) is 0 Å². The molecule has 1 heterocycles. The molecule has 0 atom stereocenters. The first-order valence-corrected chi connectivity index (χ1v) is 6.39. The molecule has 1 aromatic heterocycles. The maximum atomic E-state index is 14.3. The Morgan fingerprint density at radius 3 is 2.52 bits per heavy atom. The minimum atomic E-state index is -1.42. The molecule has 0 aliphatic heterocycles. The Morgan fingerprint density at radius 1 is 1.38 bits per heavy atom. The highest BCUT2D eigenvalue weighted by molar-refractivity contribution is 5.98. The normalized spacial score (nSPS) is 14.6. The van der Waals surface area contributed by atoms with Crippen LogP contribution in [0.1, 0.15) is 34.8 Å². The molecule has 21 heavy (non-hydrogen) atoms. The van der Waals surface area contributed by atoms with Crippen molar-refractivity contribution in [1.29, 1.82) is 0 Å². The van der Waals surface area contributed by atoms with Crippen molar-refractivity contribution in [2.75, 3.05) is 5.73 Å². The third kappa shape index (κ3) is 1.80. The van der Waals surface area contributed by atoms with Crippen molar-refractivity contribution < 1.29 is 18.7 Å². The van der Waals surface area contributed by atoms with Crippen molar-refractivity contribution in [3.05, 3.63) is 39.2 Å². The largest absolute Gasteiger partial charge is 0.477 e. The van der Waals surface area contributed by atoms with Crippen LogP contribution in [0.15, 0.2) is 11.0 Å². The van der Waals surface area contributed by atoms with Crippen molar-refractivity contribution in [2.24, 2.45) is 0 Å². The third-order valence-electron chi connectivity index (χ3n) is 3.81. The number of nitrogen functional groups attached to an aromatic ring is 1. The number of nitrogens with two attached hydrogens (primary N) is 1. The van der Waals surface area contributed by atoms with E-state index in [2.05, 4.69) is 0 Å². The van der Waals surface area contributed by atoms with E-state index in [4.69, 9.17) is 10.8 Å². The highest BCUT2D eigenvalue weighted by atomic mass is 19.2. The summed E-state index contributed by atoms with van der Waals surface area (Å²) in [6, 6.07) is -0.137. The minimum Gasteiger partial charge on any atom is -0.477 e. The van der Waals surface area contributed by atoms with Gasteiger partial charge in [-0.2, -0.15) is 0 Å². The van der Waals surface area contributed by atoms with Gasteiger partial charge >= 0.3 is 5.97 Å². The number of pyridine rings is 1. The Labute approximate surface area is 117 Å². The van der Waals surface area contributed by atoms with Crippen LogP contribution in [0.2, 0.25) is 0 Å². The second-order valence-corrected chi connectivity index (χ2v) is 5.21. The van der Waals surface area contributed by atoms with Crippen LogP contribution in [-0.4, -0.2) is 15.6 Å². The first-order chi connectivity index (χ1) is 9.84. The molecule has 1 aliphatic carbocycles. The molecule has 1 fully saturated rings. The summed E-state index contributed by atoms with van der Waals surface area (Å²) in [5.41, 5.74) is 3.68. The summed E-state index contributed by atoms with van der Waals surface area (Å²) in [6.07, 6.45) is 2.50. The van der Waals surface area contributed by atoms with Gasteiger partial charge in [0.05, 0.1) is 16.6 Å². The lowest BCUT2D eigenvalue weighted by molar-refractivity contribution is 0.0695. The lowest BCUT2D eigenvalue weighted by Crippen LogP contribution is -2.21. The number of rotatable bonds is 2. The molecule has 7 heteroatoms. The highest BCUT2D eigenvalue weighted by Gasteiger charge is 2.30. The molecule has 3 N–H and O–H groups in total. The summed E-state index contributed by atoms with van der Waals surface area (Å²) in [5, 5.41) is 8.85. The molecule has 0 saturated heterocycles. The van der Waals surface area contributed by atoms with Gasteiger partial charge in [-0.05, 0) is 19.8 Å². The van der Waals surface area contributed by atoms with Crippen LogP contribution in [0.5, 0.6) is 0 Å². The fourth-order valence-corrected chi connectivity index (χ4v) is 2.47. The smallest absolute Gasteiger partial charge is 0.341 e. The Bertz CT molecular complexity index is 854. The fraction of sp³-hybridized carbons (Fsp3) is 0.286. The van der Waals surface area contributed by atoms with Gasteiger partial charge in [0.15, 0.2) is 11.6 Å². The maximum Gasteiger partial charge on any atom is 0.341 e. The van der Waals surface area contributed by atoms with E-state index in [1.807, 2.05) is 0 Å². The molecular weight excluding hydrogens is 282 g/mol. The molecule has 2 aromatic rings. The van der Waals surface area contributed by atoms with Gasteiger partial charge in [0.25, 0.3) is 0 Å². The van der Waals surface area contributed by atoms with Gasteiger partial charge in [-0.25, -0.2) is 13.6 Å². The van der Waals surface area contributed by atoms with Crippen molar-refractivity contribution >= 4 is 22.6 Å². The van der Waals surface area contributed by atoms with Gasteiger partial charge in [-0.15, -0.1) is 0 Å². The Balaban J connectivity index is 2.59. The lowest BCUT2D eigenvalue weighted by Gasteiger charge is -2.15. The second kappa shape index (κ2) is 4.28. The topological polar surface area (TPSA) is 85.3 Å². The zero-order valence-corrected chi connectivity index (χ0v) is 11.1. The van der Waals surface area contributed by atoms with E-state index in [1.54, 1.807) is 0 Å². The van der Waals surface area contributed by atoms with Crippen molar-refractivity contribution in [3.8, 4) is 0 Å². The molecule has 0 bridgehead atoms. The number of anilines is 1. The van der Waals surface area contributed by atoms with Crippen LogP contribution in [0.4, 0.5) is 14.5 Å². The molecule has 0 unspecified atom stereocenters. The number of aromatic carboxylic acids is 1. The van der Waals surface area contributed by atoms with E-state index < -0.39 is 28.6 Å². The Hall–Kier alpha value is -2.44. The standard InChI is InChI=1S/C14H12F2N2O3/c1-5-9(15)10(16)12-8(11(5)17)13(19)7(14(20)21)4-18(12)6-2-3-6/h4,6H,2-3,17H2,1H3,(H,20,21). The molecule has 0 amide bonds. The van der Waals surface area contributed by atoms with Gasteiger partial charge in [-0.1, -0.05) is 0 Å². The second-order valence-electron chi connectivity index (χ2n) is 5.21. The first kappa shape index (κ1) is 13.5. The zero-order chi connectivity index (χ0) is 15.5. The molecule has 1 saturated carbocycles. The number of fused-ring (bicyclic) bond motifs is 1. The average molecular weight is 294 g/mol. The van der Waals surface area contributed by atoms with Gasteiger partial charge in [0, 0.05) is 17.8 Å². The van der Waals surface area contributed by atoms with E-state index in [9.17, 15) is 18.4 Å². The number of hydrogen-bond donors (Lipinski definition) is 2. The van der Waals surface area contributed by atoms with Crippen LogP contribution >= 0.6 is 0 Å². The number of carboxylic acid groups (broad SMARTS) is 1. The fourth-order valence-electron chi connectivity index (χ4n) is 2.47. The highest BCUT2D eigenvalue weighted by Crippen LogP contribution is 2.39. The van der Waals surface area contributed by atoms with Crippen LogP contribution in [0, 0.1) is 18.6 Å². The molecule has 3 rings (SSSR count). The summed E-state index contributed by atoms with van der Waals surface area (Å²) >= 11 is 0. The van der Waals surface area contributed by atoms with Crippen molar-refractivity contribution in [1.82, 2.24) is 4.57 Å². The number of carbonyl (C=O) groups is 1. The monoisotopic (exact) mass is 294 g/mol. The van der Waals surface area contributed by atoms with Crippen LogP contribution < -0.4 is 11.2 Å². The summed E-state index contributed by atoms with van der Waals surface area (Å²) in [4.78, 5) is 23.4. The number of halogens is 2. The minimum absolute atomic E-state index is 0.137. The van der Waals surface area contributed by atoms with Crippen molar-refractivity contribution in [3.63, 3.8) is 0 Å². The number of nitrogens with zero attached hydrogens (tertiary/aromatic N) is 1. The van der Waals surface area contributed by atoms with E-state index in [0.717, 1.165) is 6.20 Å². The maximum absolute atomic E-state index is 14.3. The zero-order valence-electron chi connectivity index (χ0n) is 11.1.